The molecule has 35 heavy (non-hydrogen) atoms. The summed E-state index contributed by atoms with van der Waals surface area (Å²) in [7, 11) is 3.14. The van der Waals surface area contributed by atoms with Crippen molar-refractivity contribution in [1.82, 2.24) is 20.3 Å². The molecule has 2 aromatic heterocycles. The molecule has 0 saturated carbocycles. The van der Waals surface area contributed by atoms with Gasteiger partial charge in [-0.2, -0.15) is 0 Å². The number of carbonyl (C=O) groups excluding carboxylic acids is 2. The number of allylic oxidation sites excluding steroid dienone is 3. The molecule has 0 spiro atoms. The number of rotatable bonds is 5. The number of fused-ring (bicyclic) bond motifs is 2. The summed E-state index contributed by atoms with van der Waals surface area (Å²) >= 11 is 0. The summed E-state index contributed by atoms with van der Waals surface area (Å²) in [5, 5.41) is 3.37. The second-order valence-corrected chi connectivity index (χ2v) is 8.02. The Hall–Kier alpha value is -4.47. The van der Waals surface area contributed by atoms with Crippen molar-refractivity contribution in [2.75, 3.05) is 25.7 Å². The van der Waals surface area contributed by atoms with Crippen molar-refractivity contribution >= 4 is 28.4 Å². The molecule has 2 aliphatic rings. The quantitative estimate of drug-likeness (QED) is 0.602. The largest absolute Gasteiger partial charge is 0.489 e. The number of amides is 2. The molecule has 3 aromatic rings. The zero-order valence-corrected chi connectivity index (χ0v) is 19.2. The van der Waals surface area contributed by atoms with Crippen LogP contribution >= 0.6 is 0 Å². The first-order chi connectivity index (χ1) is 17.0. The van der Waals surface area contributed by atoms with Gasteiger partial charge in [0.2, 0.25) is 5.88 Å². The first-order valence-corrected chi connectivity index (χ1v) is 11.1. The van der Waals surface area contributed by atoms with Gasteiger partial charge in [-0.3, -0.25) is 14.6 Å². The van der Waals surface area contributed by atoms with Crippen LogP contribution in [0.5, 0.6) is 17.4 Å². The maximum atomic E-state index is 13.2. The van der Waals surface area contributed by atoms with Crippen molar-refractivity contribution in [3.63, 3.8) is 0 Å². The lowest BCUT2D eigenvalue weighted by molar-refractivity contribution is -0.120. The Kier molecular flexibility index (Phi) is 6.01. The van der Waals surface area contributed by atoms with Gasteiger partial charge in [0.05, 0.1) is 23.7 Å². The maximum Gasteiger partial charge on any atom is 0.270 e. The van der Waals surface area contributed by atoms with Crippen LogP contribution in [0, 0.1) is 0 Å². The average Bonchev–Trinajstić information content (AvgIpc) is 3.00. The highest BCUT2D eigenvalue weighted by Crippen LogP contribution is 2.36. The summed E-state index contributed by atoms with van der Waals surface area (Å²) < 4.78 is 17.0. The Bertz CT molecular complexity index is 1370. The van der Waals surface area contributed by atoms with E-state index in [0.29, 0.717) is 39.7 Å². The molecule has 5 rings (SSSR count). The average molecular weight is 473 g/mol. The normalized spacial score (nSPS) is 17.2. The molecular formula is C25H23N5O5. The number of nitrogens with one attached hydrogen (secondary N) is 1. The number of likely N-dealkylation sites (N-methyl/N-ethyl adjacent to an activating group) is 1. The van der Waals surface area contributed by atoms with Crippen LogP contribution in [0.15, 0.2) is 60.8 Å². The molecule has 178 valence electrons. The van der Waals surface area contributed by atoms with Crippen molar-refractivity contribution in [3.05, 3.63) is 66.5 Å². The van der Waals surface area contributed by atoms with Crippen LogP contribution in [0.4, 0.5) is 5.69 Å². The van der Waals surface area contributed by atoms with Gasteiger partial charge in [0.15, 0.2) is 0 Å². The first kappa shape index (κ1) is 22.3. The first-order valence-electron chi connectivity index (χ1n) is 11.1. The van der Waals surface area contributed by atoms with Gasteiger partial charge in [-0.05, 0) is 37.1 Å². The minimum Gasteiger partial charge on any atom is -0.489 e. The molecule has 0 radical (unpaired) electrons. The predicted octanol–water partition coefficient (Wildman–Crippen LogP) is 2.80. The number of benzene rings is 1. The highest BCUT2D eigenvalue weighted by Gasteiger charge is 2.32. The Morgan fingerprint density at radius 2 is 2.09 bits per heavy atom. The lowest BCUT2D eigenvalue weighted by Crippen LogP contribution is -2.49. The van der Waals surface area contributed by atoms with E-state index in [1.54, 1.807) is 25.2 Å². The molecule has 10 nitrogen and oxygen atoms in total. The standard InChI is InChI=1S/C25H23N5O5/c1-30-21-11-17-18(27-14-28-24(17)33-2)12-22(21)34-13-20(25(30)32)29-23(31)19-10-16(8-9-26-19)35-15-6-4-3-5-7-15/h4,6-12,14,20H,3,5,13H2,1-2H3,(H,29,31). The van der Waals surface area contributed by atoms with Crippen molar-refractivity contribution in [1.29, 1.82) is 0 Å². The van der Waals surface area contributed by atoms with E-state index < -0.39 is 11.9 Å². The van der Waals surface area contributed by atoms with Crippen LogP contribution in [0.1, 0.15) is 23.3 Å². The number of aromatic nitrogens is 3. The molecule has 1 aliphatic carbocycles. The van der Waals surface area contributed by atoms with Crippen molar-refractivity contribution < 1.29 is 23.8 Å². The van der Waals surface area contributed by atoms with Crippen LogP contribution in [0.25, 0.3) is 10.9 Å². The van der Waals surface area contributed by atoms with Gasteiger partial charge in [-0.1, -0.05) is 6.08 Å². The van der Waals surface area contributed by atoms with Gasteiger partial charge >= 0.3 is 0 Å². The fourth-order valence-corrected chi connectivity index (χ4v) is 3.92. The third-order valence-corrected chi connectivity index (χ3v) is 5.73. The molecule has 10 heteroatoms. The fourth-order valence-electron chi connectivity index (χ4n) is 3.92. The lowest BCUT2D eigenvalue weighted by Gasteiger charge is -2.20. The monoisotopic (exact) mass is 473 g/mol. The van der Waals surface area contributed by atoms with E-state index in [0.717, 1.165) is 12.8 Å². The fraction of sp³-hybridized carbons (Fsp3) is 0.240. The topological polar surface area (TPSA) is 116 Å². The molecule has 1 aliphatic heterocycles. The van der Waals surface area contributed by atoms with E-state index in [1.807, 2.05) is 18.2 Å². The summed E-state index contributed by atoms with van der Waals surface area (Å²) in [5.41, 5.74) is 1.27. The Balaban J connectivity index is 1.35. The van der Waals surface area contributed by atoms with Gasteiger partial charge in [-0.25, -0.2) is 9.97 Å². The number of hydrogen-bond acceptors (Lipinski definition) is 8. The van der Waals surface area contributed by atoms with Crippen molar-refractivity contribution in [2.24, 2.45) is 0 Å². The highest BCUT2D eigenvalue weighted by molar-refractivity contribution is 6.04. The van der Waals surface area contributed by atoms with Gasteiger partial charge in [0, 0.05) is 25.4 Å². The molecule has 1 atom stereocenters. The Morgan fingerprint density at radius 1 is 1.20 bits per heavy atom. The van der Waals surface area contributed by atoms with E-state index in [4.69, 9.17) is 14.2 Å². The van der Waals surface area contributed by atoms with Crippen LogP contribution in [0.3, 0.4) is 0 Å². The van der Waals surface area contributed by atoms with E-state index >= 15 is 0 Å². The maximum absolute atomic E-state index is 13.2. The van der Waals surface area contributed by atoms with E-state index in [9.17, 15) is 9.59 Å². The number of anilines is 1. The number of ether oxygens (including phenoxy) is 3. The molecule has 3 heterocycles. The van der Waals surface area contributed by atoms with Crippen LogP contribution in [-0.2, 0) is 4.79 Å². The summed E-state index contributed by atoms with van der Waals surface area (Å²) in [6.45, 7) is -0.0521. The molecule has 1 aromatic carbocycles. The minimum atomic E-state index is -0.925. The minimum absolute atomic E-state index is 0.0521. The van der Waals surface area contributed by atoms with Gasteiger partial charge in [0.25, 0.3) is 11.8 Å². The van der Waals surface area contributed by atoms with Crippen LogP contribution in [-0.4, -0.2) is 53.6 Å². The SMILES string of the molecule is COc1ncnc2cc3c(cc12)N(C)C(=O)C(NC(=O)c1cc(OC2=CCCC=C2)ccn1)CO3. The van der Waals surface area contributed by atoms with E-state index in [2.05, 4.69) is 20.3 Å². The summed E-state index contributed by atoms with van der Waals surface area (Å²) in [5.74, 6) is 1.21. The number of hydrogen-bond donors (Lipinski definition) is 1. The molecule has 0 bridgehead atoms. The smallest absolute Gasteiger partial charge is 0.270 e. The molecule has 1 N–H and O–H groups in total. The molecule has 2 amide bonds. The number of pyridine rings is 1. The van der Waals surface area contributed by atoms with Crippen LogP contribution in [0.2, 0.25) is 0 Å². The number of methoxy groups -OCH3 is 1. The third kappa shape index (κ3) is 4.50. The zero-order valence-electron chi connectivity index (χ0n) is 19.2. The summed E-state index contributed by atoms with van der Waals surface area (Å²) in [6.07, 6.45) is 10.7. The summed E-state index contributed by atoms with van der Waals surface area (Å²) in [4.78, 5) is 40.1. The van der Waals surface area contributed by atoms with Crippen molar-refractivity contribution in [3.8, 4) is 17.4 Å². The Labute approximate surface area is 201 Å². The Morgan fingerprint density at radius 3 is 2.89 bits per heavy atom. The van der Waals surface area contributed by atoms with Gasteiger partial charge in [0.1, 0.15) is 41.9 Å². The second kappa shape index (κ2) is 9.41. The number of carbonyl (C=O) groups is 2. The van der Waals surface area contributed by atoms with E-state index in [1.165, 1.54) is 30.6 Å². The third-order valence-electron chi connectivity index (χ3n) is 5.73. The van der Waals surface area contributed by atoms with Crippen molar-refractivity contribution in [2.45, 2.75) is 18.9 Å². The number of nitrogens with zero attached hydrogens (tertiary/aromatic N) is 4. The molecule has 0 fully saturated rings. The zero-order chi connectivity index (χ0) is 24.4. The molecule has 0 saturated heterocycles. The highest BCUT2D eigenvalue weighted by atomic mass is 16.5. The van der Waals surface area contributed by atoms with Gasteiger partial charge < -0.3 is 24.4 Å². The predicted molar refractivity (Wildman–Crippen MR) is 128 cm³/mol. The molecule has 1 unspecified atom stereocenters. The summed E-state index contributed by atoms with van der Waals surface area (Å²) in [6, 6.07) is 5.75. The van der Waals surface area contributed by atoms with Gasteiger partial charge in [-0.15, -0.1) is 0 Å². The second-order valence-electron chi connectivity index (χ2n) is 8.02. The lowest BCUT2D eigenvalue weighted by atomic mass is 10.1. The van der Waals surface area contributed by atoms with E-state index in [-0.39, 0.29) is 18.2 Å². The van der Waals surface area contributed by atoms with Crippen LogP contribution < -0.4 is 24.4 Å². The molecular weight excluding hydrogens is 450 g/mol.